The Bertz CT molecular complexity index is 2400. The fourth-order valence-electron chi connectivity index (χ4n) is 5.78. The normalized spacial score (nSPS) is 10.8. The van der Waals surface area contributed by atoms with Crippen LogP contribution in [0.4, 0.5) is 0 Å². The van der Waals surface area contributed by atoms with Gasteiger partial charge in [-0.25, -0.2) is 24.9 Å². The van der Waals surface area contributed by atoms with Crippen LogP contribution in [-0.2, 0) is 0 Å². The lowest BCUT2D eigenvalue weighted by Crippen LogP contribution is -2.00. The lowest BCUT2D eigenvalue weighted by molar-refractivity contribution is 1.07. The molecule has 0 bridgehead atoms. The molecule has 0 unspecified atom stereocenters. The van der Waals surface area contributed by atoms with E-state index in [1.165, 1.54) is 0 Å². The molecule has 50 heavy (non-hydrogen) atoms. The van der Waals surface area contributed by atoms with E-state index in [4.69, 9.17) is 24.9 Å². The summed E-state index contributed by atoms with van der Waals surface area (Å²) < 4.78 is 0. The molecular weight excluding hydrogens is 613 g/mol. The van der Waals surface area contributed by atoms with Gasteiger partial charge in [0.15, 0.2) is 23.3 Å². The summed E-state index contributed by atoms with van der Waals surface area (Å²) in [7, 11) is 0. The Hall–Kier alpha value is -7.10. The van der Waals surface area contributed by atoms with Gasteiger partial charge in [0.1, 0.15) is 0 Å². The van der Waals surface area contributed by atoms with E-state index in [2.05, 4.69) is 54.6 Å². The topological polar surface area (TPSA) is 88.2 Å². The molecule has 8 aromatic rings. The van der Waals surface area contributed by atoms with Crippen LogP contribution in [0.3, 0.4) is 0 Å². The average molecular weight is 641 g/mol. The van der Waals surface area contributed by atoms with Crippen molar-refractivity contribution in [2.75, 3.05) is 0 Å². The van der Waals surface area contributed by atoms with Gasteiger partial charge < -0.3 is 0 Å². The van der Waals surface area contributed by atoms with Gasteiger partial charge in [-0.1, -0.05) is 146 Å². The van der Waals surface area contributed by atoms with E-state index in [9.17, 15) is 5.26 Å². The third-order valence-electron chi connectivity index (χ3n) is 8.40. The smallest absolute Gasteiger partial charge is 0.164 e. The minimum atomic E-state index is 0.605. The van der Waals surface area contributed by atoms with Crippen molar-refractivity contribution in [1.82, 2.24) is 24.9 Å². The molecule has 0 atom stereocenters. The average Bonchev–Trinajstić information content (AvgIpc) is 3.21. The first-order valence-corrected chi connectivity index (χ1v) is 16.2. The van der Waals surface area contributed by atoms with Crippen LogP contribution < -0.4 is 0 Å². The van der Waals surface area contributed by atoms with Crippen LogP contribution in [0.25, 0.3) is 79.2 Å². The number of rotatable bonds is 7. The standard InChI is InChI=1S/C44H28N6/c45-29-30-19-21-32(22-20-30)39-28-40(47-41(46-39)33-11-4-1-5-12-33)38-18-10-17-37(27-38)31-23-25-36(26-24-31)44-49-42(34-13-6-2-7-14-34)48-43(50-44)35-15-8-3-9-16-35/h1-28H. The molecule has 234 valence electrons. The second-order valence-corrected chi connectivity index (χ2v) is 11.7. The summed E-state index contributed by atoms with van der Waals surface area (Å²) in [5.74, 6) is 2.51. The molecule has 0 saturated carbocycles. The summed E-state index contributed by atoms with van der Waals surface area (Å²) in [4.78, 5) is 24.5. The van der Waals surface area contributed by atoms with Crippen LogP contribution in [0, 0.1) is 11.3 Å². The van der Waals surface area contributed by atoms with E-state index in [1.54, 1.807) is 0 Å². The first-order valence-electron chi connectivity index (χ1n) is 16.2. The SMILES string of the molecule is N#Cc1ccc(-c2cc(-c3cccc(-c4ccc(-c5nc(-c6ccccc6)nc(-c6ccccc6)n5)cc4)c3)nc(-c3ccccc3)n2)cc1. The molecule has 8 rings (SSSR count). The lowest BCUT2D eigenvalue weighted by Gasteiger charge is -2.11. The van der Waals surface area contributed by atoms with Gasteiger partial charge in [0.2, 0.25) is 0 Å². The number of benzene rings is 6. The van der Waals surface area contributed by atoms with Gasteiger partial charge in [-0.05, 0) is 35.4 Å². The highest BCUT2D eigenvalue weighted by Crippen LogP contribution is 2.32. The summed E-state index contributed by atoms with van der Waals surface area (Å²) in [6.45, 7) is 0. The van der Waals surface area contributed by atoms with Crippen LogP contribution in [0.2, 0.25) is 0 Å². The molecular formula is C44H28N6. The summed E-state index contributed by atoms with van der Waals surface area (Å²) in [5, 5.41) is 9.30. The van der Waals surface area contributed by atoms with Crippen molar-refractivity contribution in [2.45, 2.75) is 0 Å². The van der Waals surface area contributed by atoms with Gasteiger partial charge in [-0.2, -0.15) is 5.26 Å². The Morgan fingerprint density at radius 1 is 0.300 bits per heavy atom. The van der Waals surface area contributed by atoms with Crippen molar-refractivity contribution in [3.63, 3.8) is 0 Å². The molecule has 0 aliphatic rings. The number of hydrogen-bond acceptors (Lipinski definition) is 6. The number of hydrogen-bond donors (Lipinski definition) is 0. The molecule has 0 amide bonds. The quantitative estimate of drug-likeness (QED) is 0.172. The largest absolute Gasteiger partial charge is 0.228 e. The molecule has 0 spiro atoms. The van der Waals surface area contributed by atoms with E-state index in [-0.39, 0.29) is 0 Å². The van der Waals surface area contributed by atoms with Gasteiger partial charge in [0.25, 0.3) is 0 Å². The number of nitrogens with zero attached hydrogens (tertiary/aromatic N) is 6. The van der Waals surface area contributed by atoms with Gasteiger partial charge in [-0.15, -0.1) is 0 Å². The zero-order chi connectivity index (χ0) is 33.7. The van der Waals surface area contributed by atoms with Crippen molar-refractivity contribution < 1.29 is 0 Å². The van der Waals surface area contributed by atoms with Crippen LogP contribution >= 0.6 is 0 Å². The molecule has 0 fully saturated rings. The van der Waals surface area contributed by atoms with Gasteiger partial charge in [0, 0.05) is 33.4 Å². The Morgan fingerprint density at radius 2 is 0.680 bits per heavy atom. The maximum absolute atomic E-state index is 9.30. The summed E-state index contributed by atoms with van der Waals surface area (Å²) in [6, 6.07) is 58.3. The summed E-state index contributed by atoms with van der Waals surface area (Å²) in [5.41, 5.74) is 9.90. The molecule has 2 aromatic heterocycles. The van der Waals surface area contributed by atoms with E-state index >= 15 is 0 Å². The Kier molecular flexibility index (Phi) is 8.20. The van der Waals surface area contributed by atoms with Crippen molar-refractivity contribution in [3.05, 3.63) is 175 Å². The second kappa shape index (κ2) is 13.6. The van der Waals surface area contributed by atoms with Crippen LogP contribution in [-0.4, -0.2) is 24.9 Å². The van der Waals surface area contributed by atoms with Crippen LogP contribution in [0.15, 0.2) is 170 Å². The Labute approximate surface area is 290 Å². The van der Waals surface area contributed by atoms with Gasteiger partial charge in [-0.3, -0.25) is 0 Å². The molecule has 0 radical (unpaired) electrons. The third-order valence-corrected chi connectivity index (χ3v) is 8.40. The van der Waals surface area contributed by atoms with Gasteiger partial charge in [0.05, 0.1) is 23.0 Å². The van der Waals surface area contributed by atoms with Gasteiger partial charge >= 0.3 is 0 Å². The Morgan fingerprint density at radius 3 is 1.18 bits per heavy atom. The monoisotopic (exact) mass is 640 g/mol. The second-order valence-electron chi connectivity index (χ2n) is 11.7. The highest BCUT2D eigenvalue weighted by molar-refractivity contribution is 5.77. The predicted octanol–water partition coefficient (Wildman–Crippen LogP) is 10.2. The highest BCUT2D eigenvalue weighted by Gasteiger charge is 2.14. The minimum absolute atomic E-state index is 0.605. The third kappa shape index (κ3) is 6.40. The zero-order valence-electron chi connectivity index (χ0n) is 26.8. The molecule has 0 saturated heterocycles. The van der Waals surface area contributed by atoms with Crippen LogP contribution in [0.5, 0.6) is 0 Å². The highest BCUT2D eigenvalue weighted by atomic mass is 15.0. The predicted molar refractivity (Wildman–Crippen MR) is 198 cm³/mol. The Balaban J connectivity index is 1.16. The van der Waals surface area contributed by atoms with Crippen LogP contribution in [0.1, 0.15) is 5.56 Å². The molecule has 0 aliphatic carbocycles. The van der Waals surface area contributed by atoms with Crippen molar-refractivity contribution in [3.8, 4) is 85.3 Å². The summed E-state index contributed by atoms with van der Waals surface area (Å²) >= 11 is 0. The van der Waals surface area contributed by atoms with E-state index in [1.807, 2.05) is 121 Å². The fourth-order valence-corrected chi connectivity index (χ4v) is 5.78. The minimum Gasteiger partial charge on any atom is -0.228 e. The molecule has 0 aliphatic heterocycles. The number of aromatic nitrogens is 5. The van der Waals surface area contributed by atoms with Crippen molar-refractivity contribution >= 4 is 0 Å². The van der Waals surface area contributed by atoms with Crippen molar-refractivity contribution in [2.24, 2.45) is 0 Å². The van der Waals surface area contributed by atoms with E-state index in [0.29, 0.717) is 28.9 Å². The van der Waals surface area contributed by atoms with E-state index in [0.717, 1.165) is 55.9 Å². The molecule has 6 aromatic carbocycles. The summed E-state index contributed by atoms with van der Waals surface area (Å²) in [6.07, 6.45) is 0. The number of nitriles is 1. The van der Waals surface area contributed by atoms with Crippen molar-refractivity contribution in [1.29, 1.82) is 5.26 Å². The molecule has 6 heteroatoms. The maximum atomic E-state index is 9.30. The fraction of sp³-hybridized carbons (Fsp3) is 0. The zero-order valence-corrected chi connectivity index (χ0v) is 26.8. The first kappa shape index (κ1) is 30.2. The first-order chi connectivity index (χ1) is 24.7. The molecule has 6 nitrogen and oxygen atoms in total. The molecule has 0 N–H and O–H groups in total. The molecule has 2 heterocycles. The lowest BCUT2D eigenvalue weighted by atomic mass is 9.99. The van der Waals surface area contributed by atoms with E-state index < -0.39 is 0 Å². The maximum Gasteiger partial charge on any atom is 0.164 e.